The van der Waals surface area contributed by atoms with Crippen molar-refractivity contribution in [3.63, 3.8) is 0 Å². The number of benzene rings is 4. The van der Waals surface area contributed by atoms with Gasteiger partial charge in [-0.25, -0.2) is 9.59 Å². The average molecular weight is 933 g/mol. The maximum Gasteiger partial charge on any atom is 0.336 e. The molecule has 4 atom stereocenters. The number of carbonyl (C=O) groups excluding carboxylic acids is 2. The molecular weight excluding hydrogens is 873 g/mol. The van der Waals surface area contributed by atoms with E-state index < -0.39 is 11.9 Å². The lowest BCUT2D eigenvalue weighted by Crippen LogP contribution is -2.32. The number of hydrogen-bond donors (Lipinski definition) is 0. The summed E-state index contributed by atoms with van der Waals surface area (Å²) in [5.74, 6) is 6.10. The van der Waals surface area contributed by atoms with Crippen LogP contribution in [0.15, 0.2) is 97.1 Å². The van der Waals surface area contributed by atoms with Gasteiger partial charge in [-0.15, -0.1) is 47.0 Å². The lowest BCUT2D eigenvalue weighted by molar-refractivity contribution is -0.131. The zero-order chi connectivity index (χ0) is 44.1. The molecule has 2 saturated heterocycles. The molecule has 4 unspecified atom stereocenters. The van der Waals surface area contributed by atoms with Crippen molar-refractivity contribution in [2.75, 3.05) is 23.0 Å². The van der Waals surface area contributed by atoms with Gasteiger partial charge in [0.15, 0.2) is 0 Å². The third-order valence-electron chi connectivity index (χ3n) is 14.5. The predicted octanol–water partition coefficient (Wildman–Crippen LogP) is 13.4. The van der Waals surface area contributed by atoms with Crippen LogP contribution in [0.5, 0.6) is 23.0 Å². The molecule has 4 aromatic carbocycles. The highest BCUT2D eigenvalue weighted by Gasteiger charge is 2.48. The SMILES string of the molecule is CC1(C)CCC2c3c(OC(=O)C=CC(=O)Oc4cc(C5(CCc6ccccc6)SCCS5)cc5c4C4CCC(C)(C)CC4O5)cc(C4(CCc5ccccc5)SCCS4)cc3OC2C1. The monoisotopic (exact) mass is 932 g/mol. The van der Waals surface area contributed by atoms with Gasteiger partial charge in [-0.1, -0.05) is 88.4 Å². The third-order valence-corrected chi connectivity index (χ3v) is 21.7. The average Bonchev–Trinajstić information content (AvgIpc) is 4.10. The second-order valence-corrected chi connectivity index (χ2v) is 26.3. The maximum absolute atomic E-state index is 14.0. The summed E-state index contributed by atoms with van der Waals surface area (Å²) in [5, 5.41) is 0. The molecule has 4 fully saturated rings. The molecule has 64 heavy (non-hydrogen) atoms. The number of rotatable bonds is 12. The molecule has 0 amide bonds. The lowest BCUT2D eigenvalue weighted by atomic mass is 9.70. The number of esters is 2. The number of fused-ring (bicyclic) bond motifs is 6. The van der Waals surface area contributed by atoms with Gasteiger partial charge >= 0.3 is 11.9 Å². The highest BCUT2D eigenvalue weighted by Crippen LogP contribution is 2.61. The Morgan fingerprint density at radius 1 is 0.594 bits per heavy atom. The Bertz CT molecular complexity index is 2230. The van der Waals surface area contributed by atoms with Crippen molar-refractivity contribution in [1.29, 1.82) is 0 Å². The second-order valence-electron chi connectivity index (χ2n) is 20.2. The summed E-state index contributed by atoms with van der Waals surface area (Å²) in [6, 6.07) is 30.0. The summed E-state index contributed by atoms with van der Waals surface area (Å²) in [4.78, 5) is 27.9. The van der Waals surface area contributed by atoms with Crippen LogP contribution in [-0.2, 0) is 30.6 Å². The summed E-state index contributed by atoms with van der Waals surface area (Å²) in [6.07, 6.45) is 12.3. The Balaban J connectivity index is 0.924. The molecule has 4 heterocycles. The van der Waals surface area contributed by atoms with E-state index in [-0.39, 0.29) is 43.0 Å². The summed E-state index contributed by atoms with van der Waals surface area (Å²) >= 11 is 7.92. The van der Waals surface area contributed by atoms with E-state index in [0.717, 1.165) is 121 Å². The summed E-state index contributed by atoms with van der Waals surface area (Å²) in [7, 11) is 0. The highest BCUT2D eigenvalue weighted by atomic mass is 32.2. The molecule has 2 aliphatic carbocycles. The summed E-state index contributed by atoms with van der Waals surface area (Å²) in [5.41, 5.74) is 7.21. The Hall–Kier alpha value is -3.44. The minimum absolute atomic E-state index is 0.0379. The fourth-order valence-electron chi connectivity index (χ4n) is 11.2. The topological polar surface area (TPSA) is 71.1 Å². The van der Waals surface area contributed by atoms with E-state index in [9.17, 15) is 9.59 Å². The first-order valence-electron chi connectivity index (χ1n) is 23.3. The van der Waals surface area contributed by atoms with Crippen LogP contribution in [0.2, 0.25) is 0 Å². The van der Waals surface area contributed by atoms with E-state index in [2.05, 4.69) is 113 Å². The van der Waals surface area contributed by atoms with E-state index in [1.807, 2.05) is 47.0 Å². The van der Waals surface area contributed by atoms with Gasteiger partial charge in [0.1, 0.15) is 35.2 Å². The van der Waals surface area contributed by atoms with E-state index in [1.165, 1.54) is 23.3 Å². The molecule has 0 bridgehead atoms. The molecule has 0 aromatic heterocycles. The van der Waals surface area contributed by atoms with Gasteiger partial charge in [0.2, 0.25) is 0 Å². The van der Waals surface area contributed by atoms with Gasteiger partial charge in [-0.2, -0.15) is 0 Å². The van der Waals surface area contributed by atoms with Crippen LogP contribution in [0.3, 0.4) is 0 Å². The van der Waals surface area contributed by atoms with Crippen LogP contribution in [0.4, 0.5) is 0 Å². The smallest absolute Gasteiger partial charge is 0.336 e. The quantitative estimate of drug-likeness (QED) is 0.0779. The molecule has 4 aromatic rings. The third kappa shape index (κ3) is 9.16. The van der Waals surface area contributed by atoms with Crippen molar-refractivity contribution in [2.24, 2.45) is 10.8 Å². The Kier molecular flexibility index (Phi) is 12.5. The number of hydrogen-bond acceptors (Lipinski definition) is 10. The largest absolute Gasteiger partial charge is 0.489 e. The normalized spacial score (nSPS) is 25.4. The van der Waals surface area contributed by atoms with Crippen molar-refractivity contribution in [2.45, 2.75) is 124 Å². The van der Waals surface area contributed by atoms with Crippen molar-refractivity contribution < 1.29 is 28.5 Å². The Morgan fingerprint density at radius 3 is 1.38 bits per heavy atom. The van der Waals surface area contributed by atoms with Crippen LogP contribution in [0, 0.1) is 10.8 Å². The predicted molar refractivity (Wildman–Crippen MR) is 266 cm³/mol. The first-order chi connectivity index (χ1) is 30.9. The van der Waals surface area contributed by atoms with Crippen LogP contribution in [0.25, 0.3) is 0 Å². The van der Waals surface area contributed by atoms with Crippen molar-refractivity contribution in [1.82, 2.24) is 0 Å². The van der Waals surface area contributed by atoms with E-state index in [4.69, 9.17) is 18.9 Å². The summed E-state index contributed by atoms with van der Waals surface area (Å²) in [6.45, 7) is 9.27. The maximum atomic E-state index is 14.0. The van der Waals surface area contributed by atoms with Crippen LogP contribution < -0.4 is 18.9 Å². The highest BCUT2D eigenvalue weighted by molar-refractivity contribution is 8.21. The fourth-order valence-corrected chi connectivity index (χ4v) is 17.6. The van der Waals surface area contributed by atoms with Gasteiger partial charge in [0.05, 0.1) is 8.16 Å². The molecule has 10 rings (SSSR count). The molecule has 10 heteroatoms. The van der Waals surface area contributed by atoms with E-state index in [0.29, 0.717) is 11.5 Å². The molecule has 0 N–H and O–H groups in total. The second kappa shape index (κ2) is 18.0. The minimum Gasteiger partial charge on any atom is -0.489 e. The standard InChI is InChI=1S/C54H60O6S4/c1-51(2)21-19-39-45(33-51)57-41-29-37(53(61-25-26-62-53)23-17-35-11-7-5-8-12-35)31-43(49(39)41)59-47(55)15-16-48(56)60-44-32-38(30-42-50(44)40-20-22-52(3,4)34-46(40)58-42)54(63-27-28-64-54)24-18-36-13-9-6-10-14-36/h5-16,29-32,39-40,45-46H,17-28,33-34H2,1-4H3. The molecule has 6 aliphatic rings. The van der Waals surface area contributed by atoms with E-state index >= 15 is 0 Å². The van der Waals surface area contributed by atoms with Gasteiger partial charge in [-0.3, -0.25) is 0 Å². The Morgan fingerprint density at radius 2 is 0.984 bits per heavy atom. The molecule has 0 spiro atoms. The van der Waals surface area contributed by atoms with Gasteiger partial charge in [-0.05, 0) is 122 Å². The van der Waals surface area contributed by atoms with Gasteiger partial charge in [0.25, 0.3) is 0 Å². The number of ether oxygens (including phenoxy) is 4. The first kappa shape index (κ1) is 44.4. The van der Waals surface area contributed by atoms with Crippen LogP contribution in [-0.4, -0.2) is 47.2 Å². The van der Waals surface area contributed by atoms with Crippen LogP contribution in [0.1, 0.15) is 124 Å². The summed E-state index contributed by atoms with van der Waals surface area (Å²) < 4.78 is 25.9. The minimum atomic E-state index is -0.600. The molecular formula is C54H60O6S4. The van der Waals surface area contributed by atoms with Crippen molar-refractivity contribution in [3.8, 4) is 23.0 Å². The van der Waals surface area contributed by atoms with Crippen LogP contribution >= 0.6 is 47.0 Å². The first-order valence-corrected chi connectivity index (χ1v) is 27.3. The van der Waals surface area contributed by atoms with E-state index in [1.54, 1.807) is 0 Å². The molecule has 336 valence electrons. The van der Waals surface area contributed by atoms with Gasteiger partial charge < -0.3 is 18.9 Å². The fraction of sp³-hybridized carbons (Fsp3) is 0.481. The van der Waals surface area contributed by atoms with Crippen molar-refractivity contribution >= 4 is 59.0 Å². The lowest BCUT2D eigenvalue weighted by Gasteiger charge is -2.36. The number of aryl methyl sites for hydroxylation is 2. The zero-order valence-electron chi connectivity index (χ0n) is 37.5. The molecule has 4 aliphatic heterocycles. The molecule has 6 nitrogen and oxygen atoms in total. The van der Waals surface area contributed by atoms with Gasteiger partial charge in [0, 0.05) is 58.1 Å². The number of carbonyl (C=O) groups is 2. The molecule has 0 radical (unpaired) electrons. The number of thioether (sulfide) groups is 4. The zero-order valence-corrected chi connectivity index (χ0v) is 40.8. The van der Waals surface area contributed by atoms with Crippen molar-refractivity contribution in [3.05, 3.63) is 130 Å². The molecule has 2 saturated carbocycles. The Labute approximate surface area is 396 Å².